The van der Waals surface area contributed by atoms with Crippen LogP contribution in [0, 0.1) is 6.92 Å². The smallest absolute Gasteiger partial charge is 0.185 e. The van der Waals surface area contributed by atoms with Crippen LogP contribution in [0.15, 0.2) is 24.3 Å². The molecule has 1 aromatic carbocycles. The van der Waals surface area contributed by atoms with Gasteiger partial charge < -0.3 is 5.32 Å². The van der Waals surface area contributed by atoms with E-state index in [1.807, 2.05) is 19.0 Å². The van der Waals surface area contributed by atoms with E-state index < -0.39 is 0 Å². The van der Waals surface area contributed by atoms with Gasteiger partial charge in [0.1, 0.15) is 0 Å². The largest absolute Gasteiger partial charge is 0.362 e. The summed E-state index contributed by atoms with van der Waals surface area (Å²) in [5.74, 6) is 0. The van der Waals surface area contributed by atoms with E-state index in [-0.39, 0.29) is 0 Å². The van der Waals surface area contributed by atoms with Crippen LogP contribution in [0.4, 0.5) is 5.69 Å². The minimum absolute atomic E-state index is 0.639. The molecule has 3 nitrogen and oxygen atoms in total. The molecule has 0 fully saturated rings. The molecule has 0 aliphatic heterocycles. The molecule has 82 valence electrons. The summed E-state index contributed by atoms with van der Waals surface area (Å²) in [6.45, 7) is 4.91. The molecular weight excluding hydrogens is 206 g/mol. The highest BCUT2D eigenvalue weighted by molar-refractivity contribution is 7.80. The van der Waals surface area contributed by atoms with Gasteiger partial charge in [-0.05, 0) is 38.2 Å². The van der Waals surface area contributed by atoms with Gasteiger partial charge in [0.2, 0.25) is 0 Å². The zero-order valence-corrected chi connectivity index (χ0v) is 10.2. The van der Waals surface area contributed by atoms with Gasteiger partial charge in [-0.15, -0.1) is 0 Å². The predicted molar refractivity (Wildman–Crippen MR) is 69.0 cm³/mol. The maximum absolute atomic E-state index is 5.09. The minimum atomic E-state index is 0.639. The zero-order valence-electron chi connectivity index (χ0n) is 9.37. The van der Waals surface area contributed by atoms with E-state index in [4.69, 9.17) is 12.2 Å². The third-order valence-electron chi connectivity index (χ3n) is 2.03. The lowest BCUT2D eigenvalue weighted by Gasteiger charge is -2.22. The van der Waals surface area contributed by atoms with Crippen molar-refractivity contribution >= 4 is 23.0 Å². The Labute approximate surface area is 96.4 Å². The van der Waals surface area contributed by atoms with Gasteiger partial charge in [-0.25, -0.2) is 0 Å². The summed E-state index contributed by atoms with van der Waals surface area (Å²) >= 11 is 5.09. The second-order valence-electron chi connectivity index (χ2n) is 3.37. The van der Waals surface area contributed by atoms with Crippen molar-refractivity contribution in [2.45, 2.75) is 13.8 Å². The van der Waals surface area contributed by atoms with E-state index in [1.165, 1.54) is 5.56 Å². The summed E-state index contributed by atoms with van der Waals surface area (Å²) in [5, 5.41) is 5.57. The number of rotatable bonds is 3. The Kier molecular flexibility index (Phi) is 4.37. The van der Waals surface area contributed by atoms with Crippen molar-refractivity contribution in [2.24, 2.45) is 0 Å². The molecule has 0 spiro atoms. The molecule has 4 heteroatoms. The first-order chi connectivity index (χ1) is 7.13. The second-order valence-corrected chi connectivity index (χ2v) is 3.77. The number of hydrogen-bond acceptors (Lipinski definition) is 2. The first kappa shape index (κ1) is 11.8. The van der Waals surface area contributed by atoms with Crippen LogP contribution in [-0.4, -0.2) is 18.7 Å². The number of thiocarbonyl (C=S) groups is 1. The topological polar surface area (TPSA) is 27.3 Å². The molecule has 1 aromatic rings. The van der Waals surface area contributed by atoms with Gasteiger partial charge in [0.05, 0.1) is 5.69 Å². The lowest BCUT2D eigenvalue weighted by Crippen LogP contribution is -2.45. The quantitative estimate of drug-likeness (QED) is 0.604. The Morgan fingerprint density at radius 1 is 1.33 bits per heavy atom. The maximum atomic E-state index is 5.09. The van der Waals surface area contributed by atoms with Gasteiger partial charge in [0.15, 0.2) is 5.11 Å². The molecule has 1 rings (SSSR count). The normalized spacial score (nSPS) is 9.53. The van der Waals surface area contributed by atoms with Gasteiger partial charge in [-0.2, -0.15) is 0 Å². The summed E-state index contributed by atoms with van der Waals surface area (Å²) < 4.78 is 0. The van der Waals surface area contributed by atoms with Gasteiger partial charge >= 0.3 is 0 Å². The summed E-state index contributed by atoms with van der Waals surface area (Å²) in [6, 6.07) is 8.25. The summed E-state index contributed by atoms with van der Waals surface area (Å²) in [5.41, 5.74) is 5.41. The van der Waals surface area contributed by atoms with Crippen LogP contribution >= 0.6 is 12.2 Å². The first-order valence-electron chi connectivity index (χ1n) is 4.98. The number of hydrazine groups is 1. The molecule has 0 aliphatic rings. The highest BCUT2D eigenvalue weighted by atomic mass is 32.1. The van der Waals surface area contributed by atoms with Gasteiger partial charge in [0.25, 0.3) is 0 Å². The molecule has 0 atom stereocenters. The van der Waals surface area contributed by atoms with E-state index in [2.05, 4.69) is 41.9 Å². The summed E-state index contributed by atoms with van der Waals surface area (Å²) in [7, 11) is 1.94. The van der Waals surface area contributed by atoms with E-state index >= 15 is 0 Å². The molecule has 0 aromatic heterocycles. The van der Waals surface area contributed by atoms with Crippen LogP contribution in [0.5, 0.6) is 0 Å². The van der Waals surface area contributed by atoms with Crippen molar-refractivity contribution in [3.63, 3.8) is 0 Å². The standard InChI is InChI=1S/C11H17N3S/c1-4-12-11(15)13-14(3)10-7-5-9(2)6-8-10/h5-8H,4H2,1-3H3,(H2,12,13,15). The highest BCUT2D eigenvalue weighted by Gasteiger charge is 2.00. The summed E-state index contributed by atoms with van der Waals surface area (Å²) in [4.78, 5) is 0. The van der Waals surface area contributed by atoms with Crippen LogP contribution in [0.3, 0.4) is 0 Å². The Morgan fingerprint density at radius 3 is 2.47 bits per heavy atom. The Morgan fingerprint density at radius 2 is 1.93 bits per heavy atom. The number of nitrogens with one attached hydrogen (secondary N) is 2. The highest BCUT2D eigenvalue weighted by Crippen LogP contribution is 2.11. The minimum Gasteiger partial charge on any atom is -0.362 e. The van der Waals surface area contributed by atoms with E-state index in [0.717, 1.165) is 12.2 Å². The number of aryl methyl sites for hydroxylation is 1. The molecule has 0 amide bonds. The van der Waals surface area contributed by atoms with Crippen molar-refractivity contribution in [2.75, 3.05) is 18.6 Å². The van der Waals surface area contributed by atoms with Crippen molar-refractivity contribution in [1.82, 2.24) is 10.7 Å². The lowest BCUT2D eigenvalue weighted by molar-refractivity contribution is 0.833. The van der Waals surface area contributed by atoms with Crippen LogP contribution in [0.2, 0.25) is 0 Å². The Hall–Kier alpha value is -1.29. The third kappa shape index (κ3) is 3.75. The molecule has 2 N–H and O–H groups in total. The molecule has 0 saturated heterocycles. The number of anilines is 1. The Bertz CT molecular complexity index is 321. The van der Waals surface area contributed by atoms with Gasteiger partial charge in [-0.3, -0.25) is 10.4 Å². The van der Waals surface area contributed by atoms with E-state index in [9.17, 15) is 0 Å². The molecular formula is C11H17N3S. The molecule has 0 unspecified atom stereocenters. The molecule has 0 aliphatic carbocycles. The third-order valence-corrected chi connectivity index (χ3v) is 2.26. The van der Waals surface area contributed by atoms with Crippen LogP contribution in [0.25, 0.3) is 0 Å². The molecule has 0 radical (unpaired) electrons. The van der Waals surface area contributed by atoms with Gasteiger partial charge in [0, 0.05) is 13.6 Å². The molecule has 15 heavy (non-hydrogen) atoms. The average Bonchev–Trinajstić information content (AvgIpc) is 2.18. The number of hydrogen-bond donors (Lipinski definition) is 2. The van der Waals surface area contributed by atoms with E-state index in [1.54, 1.807) is 0 Å². The molecule has 0 heterocycles. The SMILES string of the molecule is CCNC(=S)NN(C)c1ccc(C)cc1. The van der Waals surface area contributed by atoms with Crippen LogP contribution in [0.1, 0.15) is 12.5 Å². The number of benzene rings is 1. The Balaban J connectivity index is 2.57. The fourth-order valence-electron chi connectivity index (χ4n) is 1.19. The molecule has 0 saturated carbocycles. The zero-order chi connectivity index (χ0) is 11.3. The molecule has 0 bridgehead atoms. The first-order valence-corrected chi connectivity index (χ1v) is 5.39. The van der Waals surface area contributed by atoms with Crippen molar-refractivity contribution in [1.29, 1.82) is 0 Å². The van der Waals surface area contributed by atoms with Crippen molar-refractivity contribution < 1.29 is 0 Å². The monoisotopic (exact) mass is 223 g/mol. The predicted octanol–water partition coefficient (Wildman–Crippen LogP) is 1.83. The lowest BCUT2D eigenvalue weighted by atomic mass is 10.2. The van der Waals surface area contributed by atoms with E-state index in [0.29, 0.717) is 5.11 Å². The average molecular weight is 223 g/mol. The van der Waals surface area contributed by atoms with Gasteiger partial charge in [-0.1, -0.05) is 17.7 Å². The number of nitrogens with zero attached hydrogens (tertiary/aromatic N) is 1. The fourth-order valence-corrected chi connectivity index (χ4v) is 1.47. The fraction of sp³-hybridized carbons (Fsp3) is 0.364. The van der Waals surface area contributed by atoms with Crippen LogP contribution < -0.4 is 15.8 Å². The van der Waals surface area contributed by atoms with Crippen molar-refractivity contribution in [3.05, 3.63) is 29.8 Å². The van der Waals surface area contributed by atoms with Crippen molar-refractivity contribution in [3.8, 4) is 0 Å². The summed E-state index contributed by atoms with van der Waals surface area (Å²) in [6.07, 6.45) is 0. The second kappa shape index (κ2) is 5.56. The maximum Gasteiger partial charge on any atom is 0.185 e. The van der Waals surface area contributed by atoms with Crippen LogP contribution in [-0.2, 0) is 0 Å².